The minimum absolute atomic E-state index is 0.0157. The number of hydrogen-bond acceptors (Lipinski definition) is 9. The third-order valence-corrected chi connectivity index (χ3v) is 6.41. The Kier molecular flexibility index (Phi) is 7.89. The van der Waals surface area contributed by atoms with Crippen LogP contribution in [-0.4, -0.2) is 50.5 Å². The molecule has 0 aliphatic rings. The number of aryl methyl sites for hydroxylation is 2. The summed E-state index contributed by atoms with van der Waals surface area (Å²) in [7, 11) is 3.07. The molecule has 0 fully saturated rings. The number of ether oxygens (including phenoxy) is 2. The summed E-state index contributed by atoms with van der Waals surface area (Å²) in [5.74, 6) is -4.85. The summed E-state index contributed by atoms with van der Waals surface area (Å²) in [6.45, 7) is -1.93. The van der Waals surface area contributed by atoms with Gasteiger partial charge in [-0.15, -0.1) is 0 Å². The highest BCUT2D eigenvalue weighted by molar-refractivity contribution is 6.33. The molecule has 0 spiro atoms. The summed E-state index contributed by atoms with van der Waals surface area (Å²) in [5, 5.41) is 8.63. The van der Waals surface area contributed by atoms with E-state index < -0.39 is 77.9 Å². The third-order valence-electron chi connectivity index (χ3n) is 6.11. The topological polar surface area (TPSA) is 145 Å². The largest absolute Gasteiger partial charge is 0.510 e. The monoisotopic (exact) mass is 649 g/mol. The molecule has 2 aromatic carbocycles. The zero-order valence-electron chi connectivity index (χ0n) is 26.0. The lowest BCUT2D eigenvalue weighted by atomic mass is 10.2. The van der Waals surface area contributed by atoms with Crippen molar-refractivity contribution in [1.29, 1.82) is 0 Å². The van der Waals surface area contributed by atoms with Gasteiger partial charge in [-0.1, -0.05) is 11.6 Å². The van der Waals surface area contributed by atoms with Crippen LogP contribution in [0.4, 0.5) is 23.7 Å². The number of carbonyl (C=O) groups excluding carboxylic acids is 1. The molecule has 0 unspecified atom stereocenters. The Bertz CT molecular complexity index is 2230. The van der Waals surface area contributed by atoms with Gasteiger partial charge in [0.25, 0.3) is 0 Å². The molecule has 45 heavy (non-hydrogen) atoms. The van der Waals surface area contributed by atoms with E-state index in [1.807, 2.05) is 0 Å². The molecule has 14 nitrogen and oxygen atoms in total. The van der Waals surface area contributed by atoms with Gasteiger partial charge in [0.15, 0.2) is 24.2 Å². The molecule has 0 aliphatic heterocycles. The summed E-state index contributed by atoms with van der Waals surface area (Å²) in [6, 6.07) is 3.64. The van der Waals surface area contributed by atoms with Gasteiger partial charge in [-0.25, -0.2) is 46.7 Å². The van der Waals surface area contributed by atoms with E-state index in [1.54, 1.807) is 13.2 Å². The first-order valence-electron chi connectivity index (χ1n) is 14.0. The average molecular weight is 650 g/mol. The van der Waals surface area contributed by atoms with Crippen molar-refractivity contribution in [2.24, 2.45) is 19.1 Å². The molecule has 0 amide bonds. The zero-order valence-corrected chi connectivity index (χ0v) is 24.8. The molecular weight excluding hydrogens is 623 g/mol. The molecule has 0 aliphatic carbocycles. The van der Waals surface area contributed by atoms with Gasteiger partial charge in [0, 0.05) is 37.3 Å². The maximum atomic E-state index is 15.0. The molecule has 3 heterocycles. The number of aromatic nitrogens is 8. The van der Waals surface area contributed by atoms with Crippen LogP contribution in [0.3, 0.4) is 0 Å². The molecule has 0 bridgehead atoms. The fourth-order valence-corrected chi connectivity index (χ4v) is 4.35. The Morgan fingerprint density at radius 2 is 1.71 bits per heavy atom. The zero-order chi connectivity index (χ0) is 34.4. The predicted molar refractivity (Wildman–Crippen MR) is 152 cm³/mol. The van der Waals surface area contributed by atoms with Crippen molar-refractivity contribution in [3.05, 3.63) is 97.2 Å². The van der Waals surface area contributed by atoms with Crippen LogP contribution >= 0.6 is 11.6 Å². The normalized spacial score (nSPS) is 13.0. The van der Waals surface area contributed by atoms with E-state index in [9.17, 15) is 27.6 Å². The second-order valence-corrected chi connectivity index (χ2v) is 10.3. The number of hydrogen-bond donors (Lipinski definition) is 0. The number of rotatable bonds is 8. The Balaban J connectivity index is 1.87. The fraction of sp³-hybridized carbons (Fsp3) is 0.296. The van der Waals surface area contributed by atoms with Crippen LogP contribution in [0.2, 0.25) is 5.02 Å². The predicted octanol–water partition coefficient (Wildman–Crippen LogP) is 2.75. The van der Waals surface area contributed by atoms with Crippen molar-refractivity contribution in [2.75, 3.05) is 0 Å². The lowest BCUT2D eigenvalue weighted by Gasteiger charge is -2.17. The van der Waals surface area contributed by atoms with Gasteiger partial charge in [0.1, 0.15) is 12.1 Å². The Labute approximate surface area is 259 Å². The number of benzene rings is 2. The van der Waals surface area contributed by atoms with Gasteiger partial charge in [0.2, 0.25) is 5.62 Å². The van der Waals surface area contributed by atoms with Gasteiger partial charge in [-0.2, -0.15) is 10.2 Å². The molecule has 0 radical (unpaired) electrons. The first-order valence-corrected chi connectivity index (χ1v) is 13.4. The smallest absolute Gasteiger partial charge is 0.432 e. The summed E-state index contributed by atoms with van der Waals surface area (Å²) in [6.07, 6.45) is 0.873. The summed E-state index contributed by atoms with van der Waals surface area (Å²) in [5.41, 5.74) is -3.65. The minimum Gasteiger partial charge on any atom is -0.432 e. The highest BCUT2D eigenvalue weighted by atomic mass is 35.5. The van der Waals surface area contributed by atoms with Crippen LogP contribution in [0.15, 0.2) is 51.4 Å². The average Bonchev–Trinajstić information content (AvgIpc) is 3.57. The summed E-state index contributed by atoms with van der Waals surface area (Å²) in [4.78, 5) is 48.7. The SMILES string of the molecule is [2H]C([2H])(c1ncn(C)n1)n1c(=O)n(COC(=O)OC(C)C)c(=Nc2cc3cn(C)nc3cc2Cl)n(Cc2cc(F)c(F)cc2F)c1=O. The fourth-order valence-electron chi connectivity index (χ4n) is 4.15. The van der Waals surface area contributed by atoms with Crippen LogP contribution in [-0.2, 0) is 43.3 Å². The maximum Gasteiger partial charge on any atom is 0.510 e. The van der Waals surface area contributed by atoms with Crippen molar-refractivity contribution < 1.29 is 30.2 Å². The van der Waals surface area contributed by atoms with Crippen LogP contribution in [0.25, 0.3) is 10.9 Å². The number of carbonyl (C=O) groups is 1. The third kappa shape index (κ3) is 6.67. The summed E-state index contributed by atoms with van der Waals surface area (Å²) < 4.78 is 74.4. The van der Waals surface area contributed by atoms with E-state index >= 15 is 0 Å². The van der Waals surface area contributed by atoms with Crippen LogP contribution in [0.5, 0.6) is 0 Å². The molecule has 3 aromatic heterocycles. The molecule has 0 saturated carbocycles. The van der Waals surface area contributed by atoms with E-state index in [4.69, 9.17) is 23.8 Å². The van der Waals surface area contributed by atoms with E-state index in [0.29, 0.717) is 26.1 Å². The standard InChI is InChI=1S/C27H25ClF3N9O5/c1-14(2)45-27(43)44-13-40-24(33-22-6-16-9-36(3)34-21(16)7-17(22)28)38(10-15-5-19(30)20(31)8-18(15)29)25(41)39(26(40)42)11-23-32-12-37(4)35-23/h5-9,12,14H,10-11,13H2,1-4H3/i11D2. The Morgan fingerprint density at radius 1 is 1.00 bits per heavy atom. The van der Waals surface area contributed by atoms with Crippen LogP contribution < -0.4 is 17.0 Å². The molecule has 0 N–H and O–H groups in total. The first kappa shape index (κ1) is 28.6. The lowest BCUT2D eigenvalue weighted by Crippen LogP contribution is -2.55. The second kappa shape index (κ2) is 12.4. The Hall–Kier alpha value is -5.19. The summed E-state index contributed by atoms with van der Waals surface area (Å²) >= 11 is 6.48. The van der Waals surface area contributed by atoms with E-state index in [2.05, 4.69) is 20.2 Å². The second-order valence-electron chi connectivity index (χ2n) is 9.89. The quantitative estimate of drug-likeness (QED) is 0.184. The number of nitrogens with zero attached hydrogens (tertiary/aromatic N) is 9. The Morgan fingerprint density at radius 3 is 2.40 bits per heavy atom. The van der Waals surface area contributed by atoms with E-state index in [1.165, 1.54) is 37.7 Å². The molecule has 236 valence electrons. The van der Waals surface area contributed by atoms with Crippen molar-refractivity contribution in [3.8, 4) is 0 Å². The van der Waals surface area contributed by atoms with Gasteiger partial charge < -0.3 is 9.47 Å². The van der Waals surface area contributed by atoms with E-state index in [-0.39, 0.29) is 21.3 Å². The van der Waals surface area contributed by atoms with Crippen molar-refractivity contribution in [3.63, 3.8) is 0 Å². The van der Waals surface area contributed by atoms with Gasteiger partial charge in [0.05, 0.1) is 38.1 Å². The van der Waals surface area contributed by atoms with Crippen molar-refractivity contribution >= 4 is 34.3 Å². The van der Waals surface area contributed by atoms with Crippen LogP contribution in [0, 0.1) is 17.5 Å². The molecule has 0 atom stereocenters. The first-order chi connectivity index (χ1) is 22.1. The highest BCUT2D eigenvalue weighted by Crippen LogP contribution is 2.29. The number of fused-ring (bicyclic) bond motifs is 1. The molecule has 5 rings (SSSR count). The number of halogens is 4. The van der Waals surface area contributed by atoms with Crippen LogP contribution in [0.1, 0.15) is 28.0 Å². The van der Waals surface area contributed by atoms with E-state index in [0.717, 1.165) is 11.0 Å². The highest BCUT2D eigenvalue weighted by Gasteiger charge is 2.21. The lowest BCUT2D eigenvalue weighted by molar-refractivity contribution is 0.0129. The van der Waals surface area contributed by atoms with Crippen molar-refractivity contribution in [1.82, 2.24) is 38.2 Å². The molecule has 0 saturated heterocycles. The molecular formula is C27H25ClF3N9O5. The maximum absolute atomic E-state index is 15.0. The van der Waals surface area contributed by atoms with Crippen molar-refractivity contribution in [2.45, 2.75) is 39.7 Å². The molecule has 5 aromatic rings. The molecule has 18 heteroatoms. The minimum atomic E-state index is -3.06. The van der Waals surface area contributed by atoms with Gasteiger partial charge in [-0.3, -0.25) is 13.9 Å². The van der Waals surface area contributed by atoms with Gasteiger partial charge >= 0.3 is 17.5 Å². The van der Waals surface area contributed by atoms with Gasteiger partial charge in [-0.05, 0) is 32.0 Å².